The molecule has 2 heterocycles. The summed E-state index contributed by atoms with van der Waals surface area (Å²) in [6.07, 6.45) is 1.80. The van der Waals surface area contributed by atoms with E-state index in [-0.39, 0.29) is 22.3 Å². The maximum atomic E-state index is 12.8. The minimum atomic E-state index is -3.72. The predicted octanol–water partition coefficient (Wildman–Crippen LogP) is 3.25. The number of carboxylic acid groups (broad SMARTS) is 1. The van der Waals surface area contributed by atoms with Crippen LogP contribution in [-0.2, 0) is 20.2 Å². The van der Waals surface area contributed by atoms with Crippen LogP contribution in [0.25, 0.3) is 21.8 Å². The molecule has 0 amide bonds. The largest absolute Gasteiger partial charge is 0.550 e. The fourth-order valence-electron chi connectivity index (χ4n) is 3.25. The second-order valence-electron chi connectivity index (χ2n) is 8.59. The van der Waals surface area contributed by atoms with Crippen LogP contribution in [0.1, 0.15) is 39.7 Å². The monoisotopic (exact) mass is 468 g/mol. The van der Waals surface area contributed by atoms with Crippen LogP contribution in [-0.4, -0.2) is 24.4 Å². The van der Waals surface area contributed by atoms with Crippen molar-refractivity contribution in [2.45, 2.75) is 44.4 Å². The van der Waals surface area contributed by atoms with Gasteiger partial charge in [0.1, 0.15) is 5.52 Å². The van der Waals surface area contributed by atoms with Crippen molar-refractivity contribution in [2.24, 2.45) is 0 Å². The number of carbonyl (C=O) groups excluding carboxylic acids is 1. The van der Waals surface area contributed by atoms with Gasteiger partial charge in [0, 0.05) is 34.1 Å². The summed E-state index contributed by atoms with van der Waals surface area (Å²) in [5.74, 6) is -0.995. The third-order valence-corrected chi connectivity index (χ3v) is 6.50. The molecular weight excluding hydrogens is 442 g/mol. The maximum absolute atomic E-state index is 12.8. The smallest absolute Gasteiger partial charge is 0.272 e. The van der Waals surface area contributed by atoms with Crippen LogP contribution in [0.5, 0.6) is 0 Å². The van der Waals surface area contributed by atoms with Gasteiger partial charge in [0.05, 0.1) is 4.90 Å². The van der Waals surface area contributed by atoms with Crippen molar-refractivity contribution in [3.8, 4) is 0 Å². The number of hydrogen-bond acceptors (Lipinski definition) is 5. The number of carboxylic acids is 1. The zero-order valence-electron chi connectivity index (χ0n) is 18.9. The van der Waals surface area contributed by atoms with Crippen LogP contribution < -0.4 is 15.4 Å². The van der Waals surface area contributed by atoms with E-state index in [0.717, 1.165) is 16.3 Å². The number of H-pyrrole nitrogens is 2. The fraction of sp³-hybridized carbons (Fsp3) is 0.250. The molecule has 0 saturated carbocycles. The lowest BCUT2D eigenvalue weighted by molar-refractivity contribution is -0.305. The van der Waals surface area contributed by atoms with Crippen LogP contribution in [0.4, 0.5) is 5.69 Å². The number of rotatable bonds is 4. The van der Waals surface area contributed by atoms with E-state index in [1.165, 1.54) is 6.92 Å². The number of aromatic nitrogens is 2. The Morgan fingerprint density at radius 1 is 1.03 bits per heavy atom. The molecule has 33 heavy (non-hydrogen) atoms. The highest BCUT2D eigenvalue weighted by Gasteiger charge is 2.18. The number of carbonyl (C=O) groups is 1. The van der Waals surface area contributed by atoms with E-state index in [4.69, 9.17) is 0 Å². The number of anilines is 1. The number of sulfonamides is 1. The van der Waals surface area contributed by atoms with E-state index >= 15 is 0 Å². The maximum Gasteiger partial charge on any atom is 0.272 e. The van der Waals surface area contributed by atoms with Gasteiger partial charge < -0.3 is 19.9 Å². The molecule has 0 aliphatic rings. The standard InChI is InChI=1S/C21H21N3O3S.C3H6O2/c1-21(2,3)13-4-7-15(8-5-13)28(26,27)24-14-6-9-18-17(12-14)16-10-11-22-19(16)20(25)23-18;1-2-3(4)5/h4-12,22,24H,1-3H3,(H,23,25);2H2,1H3,(H,4,5)/p-1. The quantitative estimate of drug-likeness (QED) is 0.422. The molecule has 0 atom stereocenters. The molecule has 8 nitrogen and oxygen atoms in total. The molecule has 9 heteroatoms. The molecule has 0 aliphatic heterocycles. The van der Waals surface area contributed by atoms with E-state index in [2.05, 4.69) is 35.5 Å². The summed E-state index contributed by atoms with van der Waals surface area (Å²) in [5.41, 5.74) is 2.35. The number of pyridine rings is 1. The summed E-state index contributed by atoms with van der Waals surface area (Å²) >= 11 is 0. The Balaban J connectivity index is 0.000000555. The first kappa shape index (κ1) is 24.1. The topological polar surface area (TPSA) is 135 Å². The van der Waals surface area contributed by atoms with Crippen molar-refractivity contribution in [3.05, 3.63) is 70.6 Å². The Labute approximate surface area is 191 Å². The molecule has 2 aromatic carbocycles. The molecule has 4 rings (SSSR count). The minimum Gasteiger partial charge on any atom is -0.550 e. The summed E-state index contributed by atoms with van der Waals surface area (Å²) in [5, 5.41) is 10.8. The molecule has 4 aromatic rings. The van der Waals surface area contributed by atoms with Crippen LogP contribution in [0.2, 0.25) is 0 Å². The first-order chi connectivity index (χ1) is 15.4. The zero-order chi connectivity index (χ0) is 24.4. The van der Waals surface area contributed by atoms with Crippen molar-refractivity contribution >= 4 is 43.5 Å². The summed E-state index contributed by atoms with van der Waals surface area (Å²) in [7, 11) is -3.72. The zero-order valence-corrected chi connectivity index (χ0v) is 19.7. The van der Waals surface area contributed by atoms with E-state index in [1.54, 1.807) is 42.6 Å². The SMILES string of the molecule is CC(C)(C)c1ccc(S(=O)(=O)Nc2ccc3[nH]c(=O)c4[nH]ccc4c3c2)cc1.CCC(=O)[O-]. The van der Waals surface area contributed by atoms with Crippen LogP contribution in [0, 0.1) is 0 Å². The van der Waals surface area contributed by atoms with Gasteiger partial charge in [-0.15, -0.1) is 0 Å². The summed E-state index contributed by atoms with van der Waals surface area (Å²) in [6.45, 7) is 7.77. The van der Waals surface area contributed by atoms with Crippen LogP contribution in [0.15, 0.2) is 64.4 Å². The first-order valence-electron chi connectivity index (χ1n) is 10.4. The lowest BCUT2D eigenvalue weighted by Crippen LogP contribution is -2.19. The molecule has 0 unspecified atom stereocenters. The number of hydrogen-bond donors (Lipinski definition) is 3. The van der Waals surface area contributed by atoms with Crippen molar-refractivity contribution in [2.75, 3.05) is 4.72 Å². The van der Waals surface area contributed by atoms with Crippen LogP contribution in [0.3, 0.4) is 0 Å². The second-order valence-corrected chi connectivity index (χ2v) is 10.3. The van der Waals surface area contributed by atoms with Gasteiger partial charge in [0.25, 0.3) is 15.6 Å². The van der Waals surface area contributed by atoms with Gasteiger partial charge in [-0.05, 0) is 53.8 Å². The summed E-state index contributed by atoms with van der Waals surface area (Å²) in [4.78, 5) is 27.2. The molecule has 0 spiro atoms. The highest BCUT2D eigenvalue weighted by atomic mass is 32.2. The molecule has 0 bridgehead atoms. The third-order valence-electron chi connectivity index (χ3n) is 5.10. The fourth-order valence-corrected chi connectivity index (χ4v) is 4.30. The average Bonchev–Trinajstić information content (AvgIpc) is 3.25. The van der Waals surface area contributed by atoms with E-state index in [0.29, 0.717) is 16.7 Å². The molecular formula is C24H26N3O5S-. The predicted molar refractivity (Wildman–Crippen MR) is 128 cm³/mol. The molecule has 174 valence electrons. The van der Waals surface area contributed by atoms with Crippen molar-refractivity contribution in [1.82, 2.24) is 9.97 Å². The molecule has 3 N–H and O–H groups in total. The third kappa shape index (κ3) is 5.43. The van der Waals surface area contributed by atoms with E-state index < -0.39 is 16.0 Å². The van der Waals surface area contributed by atoms with E-state index in [9.17, 15) is 23.1 Å². The van der Waals surface area contributed by atoms with Gasteiger partial charge in [-0.2, -0.15) is 0 Å². The number of aromatic amines is 2. The Morgan fingerprint density at radius 3 is 2.24 bits per heavy atom. The van der Waals surface area contributed by atoms with Gasteiger partial charge >= 0.3 is 0 Å². The normalized spacial score (nSPS) is 11.8. The first-order valence-corrected chi connectivity index (χ1v) is 11.9. The molecule has 0 aliphatic carbocycles. The summed E-state index contributed by atoms with van der Waals surface area (Å²) < 4.78 is 28.2. The summed E-state index contributed by atoms with van der Waals surface area (Å²) in [6, 6.07) is 13.8. The highest BCUT2D eigenvalue weighted by molar-refractivity contribution is 7.92. The molecule has 0 radical (unpaired) electrons. The number of nitrogens with one attached hydrogen (secondary N) is 3. The lowest BCUT2D eigenvalue weighted by atomic mass is 9.87. The van der Waals surface area contributed by atoms with E-state index in [1.807, 2.05) is 12.1 Å². The Kier molecular flexibility index (Phi) is 6.64. The van der Waals surface area contributed by atoms with Crippen LogP contribution >= 0.6 is 0 Å². The van der Waals surface area contributed by atoms with Crippen molar-refractivity contribution in [1.29, 1.82) is 0 Å². The second kappa shape index (κ2) is 9.11. The molecule has 0 saturated heterocycles. The molecule has 2 aromatic heterocycles. The van der Waals surface area contributed by atoms with Crippen molar-refractivity contribution < 1.29 is 18.3 Å². The van der Waals surface area contributed by atoms with Gasteiger partial charge in [0.2, 0.25) is 0 Å². The highest BCUT2D eigenvalue weighted by Crippen LogP contribution is 2.27. The van der Waals surface area contributed by atoms with Crippen molar-refractivity contribution in [3.63, 3.8) is 0 Å². The Hall–Kier alpha value is -3.59. The Bertz CT molecular complexity index is 1460. The number of aliphatic carboxylic acids is 1. The Morgan fingerprint density at radius 2 is 1.67 bits per heavy atom. The number of benzene rings is 2. The van der Waals surface area contributed by atoms with Gasteiger partial charge in [-0.25, -0.2) is 8.42 Å². The molecule has 0 fully saturated rings. The average molecular weight is 469 g/mol. The number of fused-ring (bicyclic) bond motifs is 3. The minimum absolute atomic E-state index is 0.0487. The van der Waals surface area contributed by atoms with Gasteiger partial charge in [-0.1, -0.05) is 39.8 Å². The lowest BCUT2D eigenvalue weighted by Gasteiger charge is -2.19. The van der Waals surface area contributed by atoms with Gasteiger partial charge in [-0.3, -0.25) is 9.52 Å². The van der Waals surface area contributed by atoms with Gasteiger partial charge in [0.15, 0.2) is 0 Å².